The highest BCUT2D eigenvalue weighted by molar-refractivity contribution is 6.24. The molecule has 7 nitrogen and oxygen atoms in total. The normalized spacial score (nSPS) is 17.6. The number of imide groups is 1. The van der Waals surface area contributed by atoms with E-state index in [0.717, 1.165) is 17.0 Å². The van der Waals surface area contributed by atoms with Crippen LogP contribution < -0.4 is 15.0 Å². The molecule has 1 aliphatic rings. The number of amides is 3. The zero-order chi connectivity index (χ0) is 34.2. The molecule has 6 rings (SSSR count). The molecule has 3 heterocycles. The van der Waals surface area contributed by atoms with Gasteiger partial charge in [0.2, 0.25) is 0 Å². The van der Waals surface area contributed by atoms with Crippen LogP contribution in [0.2, 0.25) is 0 Å². The maximum atomic E-state index is 14.9. The highest BCUT2D eigenvalue weighted by atomic mass is 19.4. The molecule has 1 aliphatic heterocycles. The number of nitrogens with one attached hydrogen (secondary N) is 1. The third-order valence-corrected chi connectivity index (χ3v) is 8.72. The molecular formula is C36H27F5N4O3. The third kappa shape index (κ3) is 5.96. The highest BCUT2D eigenvalue weighted by Crippen LogP contribution is 2.48. The van der Waals surface area contributed by atoms with Gasteiger partial charge in [0.25, 0.3) is 5.91 Å². The summed E-state index contributed by atoms with van der Waals surface area (Å²) in [6.45, 7) is 3.55. The SMILES string of the molecule is CC(c1ccncc1-c1ccc(F)cc1)C1(C(C)c2ccncc2-c2ccc(F)cc2)NC(=O)N(c2ccc(OC(F)(F)F)cc2)C1=O. The van der Waals surface area contributed by atoms with E-state index in [1.807, 2.05) is 0 Å². The summed E-state index contributed by atoms with van der Waals surface area (Å²) in [7, 11) is 0. The van der Waals surface area contributed by atoms with Crippen LogP contribution in [-0.2, 0) is 4.79 Å². The van der Waals surface area contributed by atoms with Gasteiger partial charge in [0, 0.05) is 47.8 Å². The first-order chi connectivity index (χ1) is 22.9. The monoisotopic (exact) mass is 658 g/mol. The summed E-state index contributed by atoms with van der Waals surface area (Å²) in [6, 6.07) is 18.6. The average Bonchev–Trinajstić information content (AvgIpc) is 3.34. The van der Waals surface area contributed by atoms with Gasteiger partial charge in [-0.25, -0.2) is 18.5 Å². The fourth-order valence-corrected chi connectivity index (χ4v) is 6.35. The number of benzene rings is 3. The number of ether oxygens (including phenoxy) is 1. The van der Waals surface area contributed by atoms with E-state index in [-0.39, 0.29) is 5.69 Å². The Labute approximate surface area is 272 Å². The van der Waals surface area contributed by atoms with E-state index in [2.05, 4.69) is 20.0 Å². The fourth-order valence-electron chi connectivity index (χ4n) is 6.35. The summed E-state index contributed by atoms with van der Waals surface area (Å²) < 4.78 is 70.2. The molecule has 3 amide bonds. The van der Waals surface area contributed by atoms with Crippen LogP contribution in [0.3, 0.4) is 0 Å². The van der Waals surface area contributed by atoms with Crippen molar-refractivity contribution < 1.29 is 36.3 Å². The summed E-state index contributed by atoms with van der Waals surface area (Å²) in [6.07, 6.45) is 1.35. The smallest absolute Gasteiger partial charge is 0.406 e. The van der Waals surface area contributed by atoms with Gasteiger partial charge < -0.3 is 10.1 Å². The molecule has 0 spiro atoms. The molecule has 2 atom stereocenters. The van der Waals surface area contributed by atoms with Crippen LogP contribution >= 0.6 is 0 Å². The maximum Gasteiger partial charge on any atom is 0.573 e. The zero-order valence-corrected chi connectivity index (χ0v) is 25.5. The zero-order valence-electron chi connectivity index (χ0n) is 25.5. The number of nitrogens with zero attached hydrogens (tertiary/aromatic N) is 3. The van der Waals surface area contributed by atoms with Crippen LogP contribution in [0.15, 0.2) is 110 Å². The van der Waals surface area contributed by atoms with E-state index in [4.69, 9.17) is 0 Å². The standard InChI is InChI=1S/C36H27F5N4O3/c1-21(29-15-17-42-19-31(29)23-3-7-25(37)8-4-23)35(22(2)30-16-18-43-20-32(30)24-5-9-26(38)10-6-24)33(46)45(34(47)44-35)27-11-13-28(14-12-27)48-36(39,40)41/h3-22H,1-2H3,(H,44,47). The van der Waals surface area contributed by atoms with Gasteiger partial charge in [-0.05, 0) is 82.9 Å². The largest absolute Gasteiger partial charge is 0.573 e. The molecule has 5 aromatic rings. The van der Waals surface area contributed by atoms with Crippen LogP contribution in [0.1, 0.15) is 36.8 Å². The molecule has 1 N–H and O–H groups in total. The van der Waals surface area contributed by atoms with Crippen LogP contribution in [0, 0.1) is 11.6 Å². The molecule has 0 bridgehead atoms. The van der Waals surface area contributed by atoms with Gasteiger partial charge in [-0.2, -0.15) is 0 Å². The number of alkyl halides is 3. The number of rotatable bonds is 8. The van der Waals surface area contributed by atoms with Gasteiger partial charge in [0.1, 0.15) is 22.9 Å². The van der Waals surface area contributed by atoms with Gasteiger partial charge in [0.15, 0.2) is 0 Å². The highest BCUT2D eigenvalue weighted by Gasteiger charge is 2.59. The van der Waals surface area contributed by atoms with Crippen molar-refractivity contribution in [1.29, 1.82) is 0 Å². The van der Waals surface area contributed by atoms with E-state index in [1.54, 1.807) is 75.0 Å². The number of anilines is 1. The predicted octanol–water partition coefficient (Wildman–Crippen LogP) is 8.39. The maximum absolute atomic E-state index is 14.9. The summed E-state index contributed by atoms with van der Waals surface area (Å²) in [5, 5.41) is 2.96. The Kier molecular flexibility index (Phi) is 8.42. The Morgan fingerprint density at radius 3 is 1.60 bits per heavy atom. The van der Waals surface area contributed by atoms with Crippen LogP contribution in [0.25, 0.3) is 22.3 Å². The third-order valence-electron chi connectivity index (χ3n) is 8.72. The molecule has 0 saturated carbocycles. The van der Waals surface area contributed by atoms with Crippen molar-refractivity contribution in [3.63, 3.8) is 0 Å². The number of halogens is 5. The van der Waals surface area contributed by atoms with Crippen molar-refractivity contribution in [3.8, 4) is 28.0 Å². The number of urea groups is 1. The number of carbonyl (C=O) groups is 2. The lowest BCUT2D eigenvalue weighted by molar-refractivity contribution is -0.274. The molecular weight excluding hydrogens is 631 g/mol. The summed E-state index contributed by atoms with van der Waals surface area (Å²) in [5.74, 6) is -3.59. The molecule has 1 fully saturated rings. The summed E-state index contributed by atoms with van der Waals surface area (Å²) in [5.41, 5.74) is 2.01. The molecule has 244 valence electrons. The minimum Gasteiger partial charge on any atom is -0.406 e. The predicted molar refractivity (Wildman–Crippen MR) is 168 cm³/mol. The molecule has 48 heavy (non-hydrogen) atoms. The van der Waals surface area contributed by atoms with Crippen molar-refractivity contribution in [2.24, 2.45) is 0 Å². The van der Waals surface area contributed by atoms with E-state index in [0.29, 0.717) is 33.4 Å². The topological polar surface area (TPSA) is 84.4 Å². The Hall–Kier alpha value is -5.65. The number of hydrogen-bond acceptors (Lipinski definition) is 5. The van der Waals surface area contributed by atoms with Crippen molar-refractivity contribution in [2.75, 3.05) is 4.90 Å². The second-order valence-electron chi connectivity index (χ2n) is 11.4. The van der Waals surface area contributed by atoms with Crippen molar-refractivity contribution in [1.82, 2.24) is 15.3 Å². The molecule has 2 unspecified atom stereocenters. The second-order valence-corrected chi connectivity index (χ2v) is 11.4. The number of hydrogen-bond donors (Lipinski definition) is 1. The molecule has 2 aromatic heterocycles. The molecule has 0 radical (unpaired) electrons. The van der Waals surface area contributed by atoms with Crippen molar-refractivity contribution in [2.45, 2.75) is 37.6 Å². The van der Waals surface area contributed by atoms with E-state index < -0.39 is 53.1 Å². The molecule has 0 aliphatic carbocycles. The van der Waals surface area contributed by atoms with Crippen LogP contribution in [-0.4, -0.2) is 33.8 Å². The lowest BCUT2D eigenvalue weighted by Gasteiger charge is -2.40. The van der Waals surface area contributed by atoms with Gasteiger partial charge in [-0.3, -0.25) is 14.8 Å². The molecule has 1 saturated heterocycles. The van der Waals surface area contributed by atoms with Crippen LogP contribution in [0.4, 0.5) is 32.4 Å². The lowest BCUT2D eigenvalue weighted by atomic mass is 9.68. The van der Waals surface area contributed by atoms with E-state index in [1.165, 1.54) is 36.4 Å². The van der Waals surface area contributed by atoms with Gasteiger partial charge in [-0.1, -0.05) is 38.1 Å². The van der Waals surface area contributed by atoms with Gasteiger partial charge in [-0.15, -0.1) is 13.2 Å². The van der Waals surface area contributed by atoms with E-state index in [9.17, 15) is 31.5 Å². The first-order valence-corrected chi connectivity index (χ1v) is 14.8. The Balaban J connectivity index is 1.51. The Morgan fingerprint density at radius 1 is 0.708 bits per heavy atom. The number of carbonyl (C=O) groups excluding carboxylic acids is 2. The summed E-state index contributed by atoms with van der Waals surface area (Å²) >= 11 is 0. The van der Waals surface area contributed by atoms with E-state index >= 15 is 0 Å². The van der Waals surface area contributed by atoms with Gasteiger partial charge in [0.05, 0.1) is 5.69 Å². The fraction of sp³-hybridized carbons (Fsp3) is 0.167. The number of aromatic nitrogens is 2. The number of pyridine rings is 2. The molecule has 3 aromatic carbocycles. The van der Waals surface area contributed by atoms with Gasteiger partial charge >= 0.3 is 12.4 Å². The van der Waals surface area contributed by atoms with Crippen molar-refractivity contribution >= 4 is 17.6 Å². The Morgan fingerprint density at radius 2 is 1.17 bits per heavy atom. The minimum atomic E-state index is -4.93. The molecule has 12 heteroatoms. The minimum absolute atomic E-state index is 0.0234. The average molecular weight is 659 g/mol. The van der Waals surface area contributed by atoms with Crippen LogP contribution in [0.5, 0.6) is 5.75 Å². The second kappa shape index (κ2) is 12.5. The summed E-state index contributed by atoms with van der Waals surface area (Å²) in [4.78, 5) is 38.1. The van der Waals surface area contributed by atoms with Crippen molar-refractivity contribution in [3.05, 3.63) is 132 Å². The Bertz CT molecular complexity index is 1870. The quantitative estimate of drug-likeness (QED) is 0.134. The lowest BCUT2D eigenvalue weighted by Crippen LogP contribution is -2.55. The first kappa shape index (κ1) is 32.3. The first-order valence-electron chi connectivity index (χ1n) is 14.8.